The van der Waals surface area contributed by atoms with Crippen LogP contribution in [0, 0.1) is 0 Å². The van der Waals surface area contributed by atoms with Crippen molar-refractivity contribution in [1.29, 1.82) is 0 Å². The van der Waals surface area contributed by atoms with Crippen LogP contribution in [0.1, 0.15) is 18.9 Å². The molecule has 0 fully saturated rings. The molecule has 1 aromatic heterocycles. The third-order valence-corrected chi connectivity index (χ3v) is 0.958. The molecular formula is C4H6ClN3O. The molecule has 0 radical (unpaired) electrons. The fourth-order valence-corrected chi connectivity index (χ4v) is 0.517. The predicted octanol–water partition coefficient (Wildman–Crippen LogP) is 0.743. The van der Waals surface area contributed by atoms with Gasteiger partial charge >= 0.3 is 5.35 Å². The van der Waals surface area contributed by atoms with E-state index in [1.165, 1.54) is 0 Å². The normalized spacial score (nSPS) is 13.7. The number of halogens is 1. The highest BCUT2D eigenvalue weighted by atomic mass is 35.5. The number of aromatic nitrogens is 2. The Morgan fingerprint density at radius 2 is 2.33 bits per heavy atom. The smallest absolute Gasteiger partial charge is 0.312 e. The van der Waals surface area contributed by atoms with E-state index in [0.29, 0.717) is 5.89 Å². The zero-order chi connectivity index (χ0) is 6.85. The van der Waals surface area contributed by atoms with E-state index in [2.05, 4.69) is 10.2 Å². The van der Waals surface area contributed by atoms with Crippen LogP contribution in [0.15, 0.2) is 4.42 Å². The van der Waals surface area contributed by atoms with Crippen LogP contribution in [0.25, 0.3) is 0 Å². The van der Waals surface area contributed by atoms with Gasteiger partial charge in [0, 0.05) is 0 Å². The summed E-state index contributed by atoms with van der Waals surface area (Å²) in [5.74, 6) is 0.361. The monoisotopic (exact) mass is 147 g/mol. The summed E-state index contributed by atoms with van der Waals surface area (Å²) in [5, 5.41) is 6.98. The van der Waals surface area contributed by atoms with Crippen molar-refractivity contribution in [2.45, 2.75) is 13.0 Å². The standard InChI is InChI=1S/C4H6ClN3O/c1-2(6)3-7-8-4(5)9-3/h2H,6H2,1H3. The lowest BCUT2D eigenvalue weighted by Gasteiger charge is -1.92. The first-order valence-corrected chi connectivity index (χ1v) is 2.82. The molecule has 0 amide bonds. The molecule has 0 aliphatic rings. The van der Waals surface area contributed by atoms with Gasteiger partial charge in [-0.3, -0.25) is 0 Å². The zero-order valence-electron chi connectivity index (χ0n) is 4.84. The third-order valence-electron chi connectivity index (χ3n) is 0.805. The molecule has 1 atom stereocenters. The van der Waals surface area contributed by atoms with Crippen molar-refractivity contribution >= 4 is 11.6 Å². The molecule has 4 nitrogen and oxygen atoms in total. The molecule has 1 aromatic rings. The Balaban J connectivity index is 2.85. The Hall–Kier alpha value is -0.610. The summed E-state index contributed by atoms with van der Waals surface area (Å²) in [6.45, 7) is 1.74. The maximum atomic E-state index is 5.37. The lowest BCUT2D eigenvalue weighted by Crippen LogP contribution is -2.04. The second-order valence-corrected chi connectivity index (χ2v) is 2.01. The van der Waals surface area contributed by atoms with Crippen molar-refractivity contribution in [2.75, 3.05) is 0 Å². The molecule has 1 rings (SSSR count). The number of hydrogen-bond donors (Lipinski definition) is 1. The quantitative estimate of drug-likeness (QED) is 0.637. The van der Waals surface area contributed by atoms with Crippen LogP contribution in [0.2, 0.25) is 5.35 Å². The van der Waals surface area contributed by atoms with E-state index in [4.69, 9.17) is 21.8 Å². The van der Waals surface area contributed by atoms with Gasteiger partial charge in [0.05, 0.1) is 6.04 Å². The predicted molar refractivity (Wildman–Crippen MR) is 31.9 cm³/mol. The average Bonchev–Trinajstić information content (AvgIpc) is 2.14. The summed E-state index contributed by atoms with van der Waals surface area (Å²) in [6, 6.07) is -0.245. The molecule has 5 heteroatoms. The second kappa shape index (κ2) is 2.33. The summed E-state index contributed by atoms with van der Waals surface area (Å²) in [4.78, 5) is 0. The SMILES string of the molecule is CC(N)c1nnc(Cl)o1. The second-order valence-electron chi connectivity index (χ2n) is 1.68. The van der Waals surface area contributed by atoms with Gasteiger partial charge in [0.25, 0.3) is 0 Å². The first-order valence-electron chi connectivity index (χ1n) is 2.44. The lowest BCUT2D eigenvalue weighted by atomic mass is 10.4. The Morgan fingerprint density at radius 1 is 1.67 bits per heavy atom. The molecule has 1 heterocycles. The first kappa shape index (κ1) is 6.51. The zero-order valence-corrected chi connectivity index (χ0v) is 5.59. The minimum atomic E-state index is -0.245. The molecular weight excluding hydrogens is 142 g/mol. The van der Waals surface area contributed by atoms with Gasteiger partial charge in [0.15, 0.2) is 0 Å². The molecule has 0 bridgehead atoms. The number of nitrogens with two attached hydrogens (primary N) is 1. The van der Waals surface area contributed by atoms with E-state index in [-0.39, 0.29) is 11.4 Å². The minimum absolute atomic E-state index is 0.0299. The van der Waals surface area contributed by atoms with Crippen LogP contribution >= 0.6 is 11.6 Å². The van der Waals surface area contributed by atoms with Crippen molar-refractivity contribution in [3.63, 3.8) is 0 Å². The van der Waals surface area contributed by atoms with Gasteiger partial charge in [-0.15, -0.1) is 5.10 Å². The average molecular weight is 148 g/mol. The maximum Gasteiger partial charge on any atom is 0.312 e. The molecule has 0 aliphatic heterocycles. The van der Waals surface area contributed by atoms with Crippen molar-refractivity contribution in [3.05, 3.63) is 11.2 Å². The highest BCUT2D eigenvalue weighted by molar-refractivity contribution is 6.27. The van der Waals surface area contributed by atoms with Crippen LogP contribution in [-0.4, -0.2) is 10.2 Å². The van der Waals surface area contributed by atoms with Gasteiger partial charge in [-0.1, -0.05) is 5.10 Å². The van der Waals surface area contributed by atoms with Crippen molar-refractivity contribution in [1.82, 2.24) is 10.2 Å². The number of nitrogens with zero attached hydrogens (tertiary/aromatic N) is 2. The molecule has 0 spiro atoms. The van der Waals surface area contributed by atoms with Crippen molar-refractivity contribution < 1.29 is 4.42 Å². The summed E-state index contributed by atoms with van der Waals surface area (Å²) in [7, 11) is 0. The first-order chi connectivity index (χ1) is 4.20. The van der Waals surface area contributed by atoms with Crippen molar-refractivity contribution in [3.8, 4) is 0 Å². The summed E-state index contributed by atoms with van der Waals surface area (Å²) < 4.78 is 4.76. The molecule has 9 heavy (non-hydrogen) atoms. The van der Waals surface area contributed by atoms with E-state index in [9.17, 15) is 0 Å². The fraction of sp³-hybridized carbons (Fsp3) is 0.500. The molecule has 2 N–H and O–H groups in total. The highest BCUT2D eigenvalue weighted by Gasteiger charge is 2.06. The van der Waals surface area contributed by atoms with Crippen LogP contribution in [0.5, 0.6) is 0 Å². The molecule has 50 valence electrons. The van der Waals surface area contributed by atoms with Crippen LogP contribution in [0.3, 0.4) is 0 Å². The summed E-state index contributed by atoms with van der Waals surface area (Å²) >= 11 is 5.31. The van der Waals surface area contributed by atoms with E-state index in [0.717, 1.165) is 0 Å². The molecule has 0 aromatic carbocycles. The van der Waals surface area contributed by atoms with E-state index in [1.807, 2.05) is 0 Å². The number of rotatable bonds is 1. The van der Waals surface area contributed by atoms with Gasteiger partial charge < -0.3 is 10.2 Å². The van der Waals surface area contributed by atoms with Crippen LogP contribution in [0.4, 0.5) is 0 Å². The molecule has 0 aliphatic carbocycles. The number of hydrogen-bond acceptors (Lipinski definition) is 4. The largest absolute Gasteiger partial charge is 0.410 e. The highest BCUT2D eigenvalue weighted by Crippen LogP contribution is 2.10. The van der Waals surface area contributed by atoms with Gasteiger partial charge in [0.1, 0.15) is 0 Å². The Morgan fingerprint density at radius 3 is 2.56 bits per heavy atom. The van der Waals surface area contributed by atoms with Gasteiger partial charge in [-0.2, -0.15) is 0 Å². The van der Waals surface area contributed by atoms with Crippen LogP contribution < -0.4 is 5.73 Å². The summed E-state index contributed by atoms with van der Waals surface area (Å²) in [5.41, 5.74) is 5.37. The van der Waals surface area contributed by atoms with Gasteiger partial charge in [-0.25, -0.2) is 0 Å². The fourth-order valence-electron chi connectivity index (χ4n) is 0.400. The molecule has 0 saturated carbocycles. The Bertz CT molecular complexity index is 197. The van der Waals surface area contributed by atoms with Gasteiger partial charge in [0.2, 0.25) is 5.89 Å². The van der Waals surface area contributed by atoms with Crippen molar-refractivity contribution in [2.24, 2.45) is 5.73 Å². The van der Waals surface area contributed by atoms with Crippen LogP contribution in [-0.2, 0) is 0 Å². The minimum Gasteiger partial charge on any atom is -0.410 e. The molecule has 0 saturated heterocycles. The van der Waals surface area contributed by atoms with Gasteiger partial charge in [-0.05, 0) is 18.5 Å². The van der Waals surface area contributed by atoms with E-state index < -0.39 is 0 Å². The lowest BCUT2D eigenvalue weighted by molar-refractivity contribution is 0.464. The summed E-state index contributed by atoms with van der Waals surface area (Å²) in [6.07, 6.45) is 0. The third kappa shape index (κ3) is 1.40. The Kier molecular flexibility index (Phi) is 1.68. The topological polar surface area (TPSA) is 64.9 Å². The maximum absolute atomic E-state index is 5.37. The Labute approximate surface area is 57.0 Å². The van der Waals surface area contributed by atoms with E-state index in [1.54, 1.807) is 6.92 Å². The van der Waals surface area contributed by atoms with E-state index >= 15 is 0 Å². The molecule has 1 unspecified atom stereocenters.